The lowest BCUT2D eigenvalue weighted by Gasteiger charge is -2.21. The van der Waals surface area contributed by atoms with E-state index >= 15 is 0 Å². The van der Waals surface area contributed by atoms with E-state index in [1.165, 1.54) is 6.42 Å². The van der Waals surface area contributed by atoms with Crippen LogP contribution in [0, 0.1) is 6.92 Å². The Kier molecular flexibility index (Phi) is 4.18. The van der Waals surface area contributed by atoms with Gasteiger partial charge >= 0.3 is 0 Å². The fourth-order valence-electron chi connectivity index (χ4n) is 3.18. The second-order valence-electron chi connectivity index (χ2n) is 6.74. The fraction of sp³-hybridized carbons (Fsp3) is 0.500. The summed E-state index contributed by atoms with van der Waals surface area (Å²) in [5.74, 6) is 2.34. The van der Waals surface area contributed by atoms with Crippen LogP contribution < -0.4 is 0 Å². The topological polar surface area (TPSA) is 89.9 Å². The second kappa shape index (κ2) is 6.51. The van der Waals surface area contributed by atoms with E-state index in [1.54, 1.807) is 17.2 Å². The van der Waals surface area contributed by atoms with Crippen molar-refractivity contribution in [2.45, 2.75) is 45.6 Å². The summed E-state index contributed by atoms with van der Waals surface area (Å²) in [5, 5.41) is 4.05. The molecule has 0 aromatic carbocycles. The van der Waals surface area contributed by atoms with Crippen molar-refractivity contribution in [2.24, 2.45) is 7.05 Å². The van der Waals surface area contributed by atoms with Crippen molar-refractivity contribution in [2.75, 3.05) is 6.54 Å². The SMILES string of the molecule is CCN(Cc1noc(C2CCC2)n1)C(=O)c1ccnc2c1nc(C)n2C. The highest BCUT2D eigenvalue weighted by Crippen LogP contribution is 2.35. The summed E-state index contributed by atoms with van der Waals surface area (Å²) >= 11 is 0. The van der Waals surface area contributed by atoms with Crippen molar-refractivity contribution < 1.29 is 9.32 Å². The number of hydrogen-bond donors (Lipinski definition) is 0. The molecule has 8 heteroatoms. The van der Waals surface area contributed by atoms with Crippen LogP contribution in [0.25, 0.3) is 11.2 Å². The van der Waals surface area contributed by atoms with Gasteiger partial charge in [-0.2, -0.15) is 4.98 Å². The zero-order valence-electron chi connectivity index (χ0n) is 15.3. The first-order valence-corrected chi connectivity index (χ1v) is 8.98. The Bertz CT molecular complexity index is 956. The smallest absolute Gasteiger partial charge is 0.256 e. The summed E-state index contributed by atoms with van der Waals surface area (Å²) in [5.41, 5.74) is 1.87. The van der Waals surface area contributed by atoms with Crippen molar-refractivity contribution >= 4 is 17.1 Å². The largest absolute Gasteiger partial charge is 0.339 e. The van der Waals surface area contributed by atoms with Crippen molar-refractivity contribution in [3.8, 4) is 0 Å². The lowest BCUT2D eigenvalue weighted by atomic mass is 9.85. The average Bonchev–Trinajstić information content (AvgIpc) is 3.16. The standard InChI is InChI=1S/C18H22N6O2/c1-4-24(10-14-21-17(26-22-14)12-6-5-7-12)18(25)13-8-9-19-16-15(13)20-11(2)23(16)3/h8-9,12H,4-7,10H2,1-3H3. The number of nitrogens with zero attached hydrogens (tertiary/aromatic N) is 6. The van der Waals surface area contributed by atoms with Crippen LogP contribution in [0.4, 0.5) is 0 Å². The van der Waals surface area contributed by atoms with E-state index in [0.717, 1.165) is 18.7 Å². The highest BCUT2D eigenvalue weighted by Gasteiger charge is 2.27. The van der Waals surface area contributed by atoms with Crippen LogP contribution in [0.2, 0.25) is 0 Å². The number of aryl methyl sites for hydroxylation is 2. The first-order chi connectivity index (χ1) is 12.6. The summed E-state index contributed by atoms with van der Waals surface area (Å²) < 4.78 is 7.25. The molecule has 3 aromatic heterocycles. The first-order valence-electron chi connectivity index (χ1n) is 8.98. The van der Waals surface area contributed by atoms with Gasteiger partial charge in [0.2, 0.25) is 5.89 Å². The first kappa shape index (κ1) is 16.7. The van der Waals surface area contributed by atoms with E-state index in [4.69, 9.17) is 4.52 Å². The molecule has 1 aliphatic rings. The van der Waals surface area contributed by atoms with Crippen LogP contribution >= 0.6 is 0 Å². The number of rotatable bonds is 5. The fourth-order valence-corrected chi connectivity index (χ4v) is 3.18. The molecular formula is C18H22N6O2. The van der Waals surface area contributed by atoms with E-state index in [9.17, 15) is 4.79 Å². The zero-order valence-corrected chi connectivity index (χ0v) is 15.3. The minimum absolute atomic E-state index is 0.104. The van der Waals surface area contributed by atoms with E-state index in [1.807, 2.05) is 25.5 Å². The third-order valence-electron chi connectivity index (χ3n) is 5.15. The third kappa shape index (κ3) is 2.75. The van der Waals surface area contributed by atoms with E-state index in [-0.39, 0.29) is 5.91 Å². The van der Waals surface area contributed by atoms with Gasteiger partial charge in [0, 0.05) is 25.7 Å². The van der Waals surface area contributed by atoms with Gasteiger partial charge in [0.05, 0.1) is 12.1 Å². The number of pyridine rings is 1. The molecule has 136 valence electrons. The molecule has 1 aliphatic carbocycles. The Labute approximate surface area is 151 Å². The number of aromatic nitrogens is 5. The molecule has 3 aromatic rings. The van der Waals surface area contributed by atoms with Crippen LogP contribution in [-0.2, 0) is 13.6 Å². The molecule has 0 N–H and O–H groups in total. The minimum Gasteiger partial charge on any atom is -0.339 e. The van der Waals surface area contributed by atoms with Crippen molar-refractivity contribution in [1.29, 1.82) is 0 Å². The predicted molar refractivity (Wildman–Crippen MR) is 94.6 cm³/mol. The number of imidazole rings is 1. The lowest BCUT2D eigenvalue weighted by molar-refractivity contribution is 0.0749. The average molecular weight is 354 g/mol. The normalized spacial score (nSPS) is 14.6. The van der Waals surface area contributed by atoms with Crippen LogP contribution in [0.15, 0.2) is 16.8 Å². The Balaban J connectivity index is 1.59. The van der Waals surface area contributed by atoms with E-state index < -0.39 is 0 Å². The Hall–Kier alpha value is -2.77. The van der Waals surface area contributed by atoms with Gasteiger partial charge in [0.1, 0.15) is 11.3 Å². The van der Waals surface area contributed by atoms with Gasteiger partial charge in [-0.05, 0) is 32.8 Å². The van der Waals surface area contributed by atoms with Crippen molar-refractivity contribution in [3.05, 3.63) is 35.4 Å². The monoisotopic (exact) mass is 354 g/mol. The molecule has 8 nitrogen and oxygen atoms in total. The highest BCUT2D eigenvalue weighted by atomic mass is 16.5. The predicted octanol–water partition coefficient (Wildman–Crippen LogP) is 2.59. The zero-order chi connectivity index (χ0) is 18.3. The molecule has 3 heterocycles. The molecule has 0 radical (unpaired) electrons. The Morgan fingerprint density at radius 1 is 1.38 bits per heavy atom. The lowest BCUT2D eigenvalue weighted by Crippen LogP contribution is -2.31. The number of amides is 1. The van der Waals surface area contributed by atoms with Gasteiger partial charge in [-0.3, -0.25) is 4.79 Å². The van der Waals surface area contributed by atoms with Gasteiger partial charge in [-0.25, -0.2) is 9.97 Å². The van der Waals surface area contributed by atoms with Crippen LogP contribution in [0.1, 0.15) is 60.0 Å². The van der Waals surface area contributed by atoms with Gasteiger partial charge in [-0.15, -0.1) is 0 Å². The Morgan fingerprint density at radius 3 is 2.88 bits per heavy atom. The molecule has 0 saturated heterocycles. The molecular weight excluding hydrogens is 332 g/mol. The molecule has 4 rings (SSSR count). The van der Waals surface area contributed by atoms with E-state index in [0.29, 0.717) is 47.4 Å². The number of carbonyl (C=O) groups is 1. The molecule has 0 bridgehead atoms. The number of hydrogen-bond acceptors (Lipinski definition) is 6. The van der Waals surface area contributed by atoms with Crippen LogP contribution in [0.3, 0.4) is 0 Å². The summed E-state index contributed by atoms with van der Waals surface area (Å²) in [6, 6.07) is 1.72. The van der Waals surface area contributed by atoms with Gasteiger partial charge in [-0.1, -0.05) is 11.6 Å². The van der Waals surface area contributed by atoms with Gasteiger partial charge < -0.3 is 14.0 Å². The molecule has 1 fully saturated rings. The molecule has 0 atom stereocenters. The molecule has 26 heavy (non-hydrogen) atoms. The Morgan fingerprint density at radius 2 is 2.19 bits per heavy atom. The second-order valence-corrected chi connectivity index (χ2v) is 6.74. The molecule has 0 spiro atoms. The number of fused-ring (bicyclic) bond motifs is 1. The third-order valence-corrected chi connectivity index (χ3v) is 5.15. The van der Waals surface area contributed by atoms with Gasteiger partial charge in [0.15, 0.2) is 11.5 Å². The maximum absolute atomic E-state index is 13.1. The quantitative estimate of drug-likeness (QED) is 0.699. The minimum atomic E-state index is -0.104. The van der Waals surface area contributed by atoms with Gasteiger partial charge in [0.25, 0.3) is 5.91 Å². The summed E-state index contributed by atoms with van der Waals surface area (Å²) in [7, 11) is 1.89. The van der Waals surface area contributed by atoms with Crippen LogP contribution in [0.5, 0.6) is 0 Å². The summed E-state index contributed by atoms with van der Waals surface area (Å²) in [6.07, 6.45) is 5.06. The maximum atomic E-state index is 13.1. The molecule has 0 unspecified atom stereocenters. The molecule has 0 aliphatic heterocycles. The van der Waals surface area contributed by atoms with Crippen LogP contribution in [-0.4, -0.2) is 42.0 Å². The highest BCUT2D eigenvalue weighted by molar-refractivity contribution is 6.04. The summed E-state index contributed by atoms with van der Waals surface area (Å²) in [6.45, 7) is 4.70. The van der Waals surface area contributed by atoms with Crippen molar-refractivity contribution in [3.63, 3.8) is 0 Å². The molecule has 1 saturated carbocycles. The van der Waals surface area contributed by atoms with Crippen molar-refractivity contribution in [1.82, 2.24) is 29.6 Å². The number of carbonyl (C=O) groups excluding carboxylic acids is 1. The summed E-state index contributed by atoms with van der Waals surface area (Å²) in [4.78, 5) is 28.1. The maximum Gasteiger partial charge on any atom is 0.256 e. The van der Waals surface area contributed by atoms with E-state index in [2.05, 4.69) is 20.1 Å². The molecule has 1 amide bonds.